The molecule has 0 bridgehead atoms. The van der Waals surface area contributed by atoms with Gasteiger partial charge in [0.1, 0.15) is 11.6 Å². The zero-order valence-corrected chi connectivity index (χ0v) is 12.6. The molecule has 2 aromatic rings. The van der Waals surface area contributed by atoms with E-state index in [9.17, 15) is 0 Å². The number of aromatic nitrogens is 2. The second kappa shape index (κ2) is 6.22. The van der Waals surface area contributed by atoms with Crippen LogP contribution in [0.15, 0.2) is 30.3 Å². The van der Waals surface area contributed by atoms with Crippen LogP contribution in [0.4, 0.5) is 5.82 Å². The Balaban J connectivity index is 2.06. The molecule has 0 radical (unpaired) electrons. The van der Waals surface area contributed by atoms with E-state index >= 15 is 0 Å². The maximum absolute atomic E-state index is 5.45. The first-order valence-corrected chi connectivity index (χ1v) is 7.49. The summed E-state index contributed by atoms with van der Waals surface area (Å²) in [5.74, 6) is 2.26. The van der Waals surface area contributed by atoms with Crippen LogP contribution in [-0.4, -0.2) is 30.2 Å². The summed E-state index contributed by atoms with van der Waals surface area (Å²) < 4.78 is 5.45. The van der Waals surface area contributed by atoms with Crippen molar-refractivity contribution in [3.05, 3.63) is 41.7 Å². The number of ether oxygens (including phenoxy) is 1. The molecule has 4 nitrogen and oxygen atoms in total. The van der Waals surface area contributed by atoms with Crippen LogP contribution < -0.4 is 5.32 Å². The fourth-order valence-corrected chi connectivity index (χ4v) is 2.79. The third-order valence-electron chi connectivity index (χ3n) is 4.03. The molecule has 2 heterocycles. The van der Waals surface area contributed by atoms with Crippen molar-refractivity contribution in [1.29, 1.82) is 0 Å². The lowest BCUT2D eigenvalue weighted by Gasteiger charge is -2.22. The number of nitrogens with zero attached hydrogens (tertiary/aromatic N) is 2. The van der Waals surface area contributed by atoms with Gasteiger partial charge in [-0.1, -0.05) is 30.3 Å². The molecule has 21 heavy (non-hydrogen) atoms. The summed E-state index contributed by atoms with van der Waals surface area (Å²) in [6, 6.07) is 10.3. The third kappa shape index (κ3) is 2.90. The zero-order chi connectivity index (χ0) is 14.7. The molecule has 1 saturated heterocycles. The molecule has 0 unspecified atom stereocenters. The summed E-state index contributed by atoms with van der Waals surface area (Å²) in [6.45, 7) is 3.68. The van der Waals surface area contributed by atoms with E-state index in [0.29, 0.717) is 5.92 Å². The average Bonchev–Trinajstić information content (AvgIpc) is 2.56. The molecule has 0 aliphatic carbocycles. The maximum atomic E-state index is 5.45. The van der Waals surface area contributed by atoms with E-state index in [0.717, 1.165) is 54.5 Å². The van der Waals surface area contributed by atoms with Crippen LogP contribution in [-0.2, 0) is 4.74 Å². The normalized spacial score (nSPS) is 15.9. The van der Waals surface area contributed by atoms with E-state index in [2.05, 4.69) is 24.4 Å². The molecule has 3 rings (SSSR count). The molecule has 1 aliphatic rings. The Kier molecular flexibility index (Phi) is 4.15. The molecule has 0 spiro atoms. The highest BCUT2D eigenvalue weighted by molar-refractivity contribution is 5.68. The molecule has 110 valence electrons. The molecule has 1 aromatic heterocycles. The van der Waals surface area contributed by atoms with Gasteiger partial charge in [-0.15, -0.1) is 0 Å². The lowest BCUT2D eigenvalue weighted by molar-refractivity contribution is 0.0836. The molecular formula is C17H21N3O. The first-order chi connectivity index (χ1) is 10.3. The summed E-state index contributed by atoms with van der Waals surface area (Å²) in [4.78, 5) is 9.59. The summed E-state index contributed by atoms with van der Waals surface area (Å²) >= 11 is 0. The first kappa shape index (κ1) is 14.0. The molecule has 1 fully saturated rings. The van der Waals surface area contributed by atoms with Crippen molar-refractivity contribution in [2.45, 2.75) is 25.7 Å². The van der Waals surface area contributed by atoms with Crippen molar-refractivity contribution in [3.8, 4) is 11.3 Å². The molecule has 0 atom stereocenters. The predicted molar refractivity (Wildman–Crippen MR) is 84.5 cm³/mol. The molecular weight excluding hydrogens is 262 g/mol. The number of anilines is 1. The molecule has 1 aliphatic heterocycles. The Morgan fingerprint density at radius 3 is 2.48 bits per heavy atom. The minimum absolute atomic E-state index is 0.397. The summed E-state index contributed by atoms with van der Waals surface area (Å²) in [6.07, 6.45) is 2.00. The molecule has 1 N–H and O–H groups in total. The maximum Gasteiger partial charge on any atom is 0.134 e. The van der Waals surface area contributed by atoms with E-state index in [1.165, 1.54) is 0 Å². The molecule has 0 saturated carbocycles. The topological polar surface area (TPSA) is 47.0 Å². The van der Waals surface area contributed by atoms with Gasteiger partial charge in [0.15, 0.2) is 0 Å². The van der Waals surface area contributed by atoms with E-state index in [4.69, 9.17) is 14.7 Å². The van der Waals surface area contributed by atoms with Crippen molar-refractivity contribution in [3.63, 3.8) is 0 Å². The second-order valence-electron chi connectivity index (χ2n) is 5.41. The lowest BCUT2D eigenvalue weighted by atomic mass is 9.98. The first-order valence-electron chi connectivity index (χ1n) is 7.49. The largest absolute Gasteiger partial charge is 0.381 e. The number of benzene rings is 1. The number of hydrogen-bond donors (Lipinski definition) is 1. The fraction of sp³-hybridized carbons (Fsp3) is 0.412. The smallest absolute Gasteiger partial charge is 0.134 e. The van der Waals surface area contributed by atoms with Crippen LogP contribution in [0.25, 0.3) is 11.3 Å². The monoisotopic (exact) mass is 283 g/mol. The van der Waals surface area contributed by atoms with Crippen molar-refractivity contribution in [2.24, 2.45) is 0 Å². The molecule has 1 aromatic carbocycles. The van der Waals surface area contributed by atoms with E-state index in [-0.39, 0.29) is 0 Å². The SMILES string of the molecule is CNc1nc(C2CCOCC2)nc(-c2ccccc2)c1C. The van der Waals surface area contributed by atoms with Crippen LogP contribution in [0, 0.1) is 6.92 Å². The Bertz CT molecular complexity index is 607. The van der Waals surface area contributed by atoms with Crippen molar-refractivity contribution >= 4 is 5.82 Å². The van der Waals surface area contributed by atoms with Gasteiger partial charge in [-0.3, -0.25) is 0 Å². The van der Waals surface area contributed by atoms with Crippen LogP contribution in [0.3, 0.4) is 0 Å². The van der Waals surface area contributed by atoms with E-state index in [1.54, 1.807) is 0 Å². The summed E-state index contributed by atoms with van der Waals surface area (Å²) in [5, 5.41) is 3.20. The standard InChI is InChI=1S/C17H21N3O/c1-12-15(13-6-4-3-5-7-13)19-17(20-16(12)18-2)14-8-10-21-11-9-14/h3-7,14H,8-11H2,1-2H3,(H,18,19,20). The van der Waals surface area contributed by atoms with Crippen LogP contribution >= 0.6 is 0 Å². The minimum Gasteiger partial charge on any atom is -0.381 e. The highest BCUT2D eigenvalue weighted by atomic mass is 16.5. The van der Waals surface area contributed by atoms with Gasteiger partial charge in [0.05, 0.1) is 5.69 Å². The van der Waals surface area contributed by atoms with Gasteiger partial charge in [-0.05, 0) is 19.8 Å². The Hall–Kier alpha value is -1.94. The Labute approximate surface area is 125 Å². The van der Waals surface area contributed by atoms with Crippen molar-refractivity contribution in [1.82, 2.24) is 9.97 Å². The number of nitrogens with one attached hydrogen (secondary N) is 1. The fourth-order valence-electron chi connectivity index (χ4n) is 2.79. The zero-order valence-electron chi connectivity index (χ0n) is 12.6. The van der Waals surface area contributed by atoms with Crippen LogP contribution in [0.1, 0.15) is 30.1 Å². The Morgan fingerprint density at radius 1 is 1.10 bits per heavy atom. The highest BCUT2D eigenvalue weighted by Gasteiger charge is 2.21. The van der Waals surface area contributed by atoms with Gasteiger partial charge < -0.3 is 10.1 Å². The van der Waals surface area contributed by atoms with E-state index in [1.807, 2.05) is 25.2 Å². The average molecular weight is 283 g/mol. The van der Waals surface area contributed by atoms with E-state index < -0.39 is 0 Å². The van der Waals surface area contributed by atoms with Gasteiger partial charge >= 0.3 is 0 Å². The highest BCUT2D eigenvalue weighted by Crippen LogP contribution is 2.30. The van der Waals surface area contributed by atoms with Crippen molar-refractivity contribution in [2.75, 3.05) is 25.6 Å². The van der Waals surface area contributed by atoms with Gasteiger partial charge in [0, 0.05) is 37.3 Å². The number of rotatable bonds is 3. The van der Waals surface area contributed by atoms with Gasteiger partial charge in [-0.25, -0.2) is 9.97 Å². The molecule has 0 amide bonds. The van der Waals surface area contributed by atoms with Crippen molar-refractivity contribution < 1.29 is 4.74 Å². The number of hydrogen-bond acceptors (Lipinski definition) is 4. The van der Waals surface area contributed by atoms with Gasteiger partial charge in [0.2, 0.25) is 0 Å². The summed E-state index contributed by atoms with van der Waals surface area (Å²) in [5.41, 5.74) is 3.26. The van der Waals surface area contributed by atoms with Crippen LogP contribution in [0.2, 0.25) is 0 Å². The second-order valence-corrected chi connectivity index (χ2v) is 5.41. The van der Waals surface area contributed by atoms with Gasteiger partial charge in [0.25, 0.3) is 0 Å². The quantitative estimate of drug-likeness (QED) is 0.938. The van der Waals surface area contributed by atoms with Crippen LogP contribution in [0.5, 0.6) is 0 Å². The lowest BCUT2D eigenvalue weighted by Crippen LogP contribution is -2.17. The predicted octanol–water partition coefficient (Wildman–Crippen LogP) is 3.39. The minimum atomic E-state index is 0.397. The molecule has 4 heteroatoms. The Morgan fingerprint density at radius 2 is 1.81 bits per heavy atom. The third-order valence-corrected chi connectivity index (χ3v) is 4.03. The van der Waals surface area contributed by atoms with Gasteiger partial charge in [-0.2, -0.15) is 0 Å². The summed E-state index contributed by atoms with van der Waals surface area (Å²) in [7, 11) is 1.91.